The minimum atomic E-state index is -1.04. The molecule has 0 spiro atoms. The summed E-state index contributed by atoms with van der Waals surface area (Å²) >= 11 is 1.54. The molecule has 2 atom stereocenters. The second-order valence-electron chi connectivity index (χ2n) is 10.8. The first kappa shape index (κ1) is 34.0. The van der Waals surface area contributed by atoms with Crippen molar-refractivity contribution in [3.63, 3.8) is 0 Å². The van der Waals surface area contributed by atoms with Crippen LogP contribution in [0.25, 0.3) is 11.1 Å². The molecule has 1 saturated carbocycles. The Morgan fingerprint density at radius 2 is 1.75 bits per heavy atom. The van der Waals surface area contributed by atoms with Crippen molar-refractivity contribution in [3.8, 4) is 11.1 Å². The SMILES string of the molecule is CCCC(CC1CCCCC1)NC(=O)Cc1ccc(C(=O)NC(CCSC)C(=O)O)c(-c2ccccc2C)c1.[H-].[Li+]. The largest absolute Gasteiger partial charge is 1.00 e. The molecule has 6 nitrogen and oxygen atoms in total. The van der Waals surface area contributed by atoms with E-state index in [0.29, 0.717) is 29.2 Å². The predicted octanol–water partition coefficient (Wildman–Crippen LogP) is 3.51. The van der Waals surface area contributed by atoms with Crippen LogP contribution in [-0.2, 0) is 16.0 Å². The summed E-state index contributed by atoms with van der Waals surface area (Å²) in [5, 5.41) is 15.6. The summed E-state index contributed by atoms with van der Waals surface area (Å²) in [6, 6.07) is 12.5. The Hall–Kier alpha value is -2.20. The van der Waals surface area contributed by atoms with Crippen molar-refractivity contribution in [1.29, 1.82) is 0 Å². The van der Waals surface area contributed by atoms with E-state index < -0.39 is 17.9 Å². The fourth-order valence-corrected chi connectivity index (χ4v) is 6.08. The van der Waals surface area contributed by atoms with Crippen molar-refractivity contribution in [2.75, 3.05) is 12.0 Å². The topological polar surface area (TPSA) is 95.5 Å². The van der Waals surface area contributed by atoms with Crippen molar-refractivity contribution < 1.29 is 39.8 Å². The molecule has 0 aromatic heterocycles. The van der Waals surface area contributed by atoms with E-state index in [0.717, 1.165) is 36.0 Å². The zero-order chi connectivity index (χ0) is 28.2. The van der Waals surface area contributed by atoms with E-state index >= 15 is 0 Å². The minimum absolute atomic E-state index is 0. The number of rotatable bonds is 14. The number of nitrogens with one attached hydrogen (secondary N) is 2. The van der Waals surface area contributed by atoms with Crippen LogP contribution in [0.15, 0.2) is 42.5 Å². The fraction of sp³-hybridized carbons (Fsp3) is 0.531. The van der Waals surface area contributed by atoms with Gasteiger partial charge in [0.15, 0.2) is 0 Å². The zero-order valence-electron chi connectivity index (χ0n) is 25.6. The third-order valence-corrected chi connectivity index (χ3v) is 8.33. The van der Waals surface area contributed by atoms with E-state index in [1.54, 1.807) is 17.8 Å². The molecule has 2 aromatic carbocycles. The van der Waals surface area contributed by atoms with E-state index in [-0.39, 0.29) is 38.7 Å². The number of hydrogen-bond donors (Lipinski definition) is 3. The van der Waals surface area contributed by atoms with Crippen LogP contribution in [0.3, 0.4) is 0 Å². The number of carbonyl (C=O) groups is 3. The smallest absolute Gasteiger partial charge is 1.00 e. The standard InChI is InChI=1S/C32H44N2O4S.Li.H/c1-4-10-25(19-23-12-6-5-7-13-23)33-30(35)21-24-15-16-27(28(20-24)26-14-9-8-11-22(26)2)31(36)34-29(32(37)38)17-18-39-3;;/h8-9,11,14-16,20,23,25,29H,4-7,10,12-13,17-19,21H2,1-3H3,(H,33,35)(H,34,36)(H,37,38);;/q;+1;-1. The van der Waals surface area contributed by atoms with Crippen molar-refractivity contribution in [1.82, 2.24) is 10.6 Å². The van der Waals surface area contributed by atoms with Crippen LogP contribution in [0.5, 0.6) is 0 Å². The van der Waals surface area contributed by atoms with Crippen LogP contribution >= 0.6 is 11.8 Å². The number of aryl methyl sites for hydroxylation is 1. The molecule has 0 radical (unpaired) electrons. The van der Waals surface area contributed by atoms with E-state index in [2.05, 4.69) is 17.6 Å². The Balaban J connectivity index is 0.00000420. The minimum Gasteiger partial charge on any atom is -1.00 e. The molecule has 1 aliphatic rings. The van der Waals surface area contributed by atoms with Crippen molar-refractivity contribution in [2.45, 2.75) is 90.1 Å². The van der Waals surface area contributed by atoms with Gasteiger partial charge in [-0.15, -0.1) is 0 Å². The molecule has 2 aromatic rings. The number of carbonyl (C=O) groups excluding carboxylic acids is 2. The summed E-state index contributed by atoms with van der Waals surface area (Å²) in [5.41, 5.74) is 3.83. The van der Waals surface area contributed by atoms with Gasteiger partial charge in [0.05, 0.1) is 6.42 Å². The van der Waals surface area contributed by atoms with Gasteiger partial charge in [0.1, 0.15) is 6.04 Å². The summed E-state index contributed by atoms with van der Waals surface area (Å²) in [6.07, 6.45) is 12.0. The Morgan fingerprint density at radius 1 is 1.02 bits per heavy atom. The maximum Gasteiger partial charge on any atom is 1.00 e. The first-order valence-corrected chi connectivity index (χ1v) is 15.7. The van der Waals surface area contributed by atoms with Crippen LogP contribution in [-0.4, -0.2) is 47.0 Å². The van der Waals surface area contributed by atoms with Crippen LogP contribution in [0.1, 0.15) is 87.6 Å². The molecule has 0 bridgehead atoms. The van der Waals surface area contributed by atoms with Gasteiger partial charge >= 0.3 is 24.8 Å². The van der Waals surface area contributed by atoms with Gasteiger partial charge in [-0.1, -0.05) is 75.8 Å². The Kier molecular flexibility index (Phi) is 14.9. The number of amides is 2. The molecule has 3 rings (SSSR count). The van der Waals surface area contributed by atoms with Gasteiger partial charge in [-0.3, -0.25) is 9.59 Å². The molecule has 0 heterocycles. The maximum absolute atomic E-state index is 13.3. The summed E-state index contributed by atoms with van der Waals surface area (Å²) in [5.74, 6) is -0.131. The van der Waals surface area contributed by atoms with Crippen LogP contribution < -0.4 is 29.5 Å². The van der Waals surface area contributed by atoms with Crippen LogP contribution in [0, 0.1) is 12.8 Å². The third-order valence-electron chi connectivity index (χ3n) is 7.69. The molecule has 2 amide bonds. The normalized spacial score (nSPS) is 15.0. The molecule has 3 N–H and O–H groups in total. The van der Waals surface area contributed by atoms with Gasteiger partial charge in [-0.25, -0.2) is 4.79 Å². The second-order valence-corrected chi connectivity index (χ2v) is 11.8. The van der Waals surface area contributed by atoms with Gasteiger partial charge in [-0.05, 0) is 78.5 Å². The predicted molar refractivity (Wildman–Crippen MR) is 161 cm³/mol. The molecule has 40 heavy (non-hydrogen) atoms. The number of aliphatic carboxylic acids is 1. The van der Waals surface area contributed by atoms with Crippen LogP contribution in [0.2, 0.25) is 0 Å². The summed E-state index contributed by atoms with van der Waals surface area (Å²) in [7, 11) is 0. The number of thioether (sulfide) groups is 1. The summed E-state index contributed by atoms with van der Waals surface area (Å²) in [4.78, 5) is 38.2. The molecular formula is C32H45LiN2O4S. The Morgan fingerprint density at radius 3 is 2.40 bits per heavy atom. The molecular weight excluding hydrogens is 515 g/mol. The van der Waals surface area contributed by atoms with Crippen molar-refractivity contribution >= 4 is 29.5 Å². The first-order valence-electron chi connectivity index (χ1n) is 14.3. The summed E-state index contributed by atoms with van der Waals surface area (Å²) < 4.78 is 0. The number of benzene rings is 2. The molecule has 2 unspecified atom stereocenters. The molecule has 8 heteroatoms. The van der Waals surface area contributed by atoms with Gasteiger partial charge in [0.25, 0.3) is 5.91 Å². The zero-order valence-corrected chi connectivity index (χ0v) is 25.4. The average Bonchev–Trinajstić information content (AvgIpc) is 2.91. The van der Waals surface area contributed by atoms with Crippen LogP contribution in [0.4, 0.5) is 0 Å². The molecule has 214 valence electrons. The van der Waals surface area contributed by atoms with Gasteiger partial charge in [0, 0.05) is 11.6 Å². The average molecular weight is 561 g/mol. The quantitative estimate of drug-likeness (QED) is 0.308. The van der Waals surface area contributed by atoms with Gasteiger partial charge in [0.2, 0.25) is 5.91 Å². The summed E-state index contributed by atoms with van der Waals surface area (Å²) in [6.45, 7) is 4.14. The molecule has 1 fully saturated rings. The number of hydrogen-bond acceptors (Lipinski definition) is 4. The molecule has 0 aliphatic heterocycles. The number of carboxylic acids is 1. The van der Waals surface area contributed by atoms with Gasteiger partial charge < -0.3 is 17.2 Å². The Bertz CT molecular complexity index is 1130. The Labute approximate surface area is 257 Å². The van der Waals surface area contributed by atoms with Gasteiger partial charge in [-0.2, -0.15) is 11.8 Å². The number of carboxylic acid groups (broad SMARTS) is 1. The fourth-order valence-electron chi connectivity index (χ4n) is 5.61. The monoisotopic (exact) mass is 560 g/mol. The molecule has 1 aliphatic carbocycles. The van der Waals surface area contributed by atoms with E-state index in [1.165, 1.54) is 32.1 Å². The third kappa shape index (κ3) is 10.3. The first-order chi connectivity index (χ1) is 18.8. The van der Waals surface area contributed by atoms with E-state index in [1.807, 2.05) is 49.6 Å². The molecule has 0 saturated heterocycles. The van der Waals surface area contributed by atoms with Crippen molar-refractivity contribution in [3.05, 3.63) is 59.2 Å². The maximum atomic E-state index is 13.3. The second kappa shape index (κ2) is 17.6. The van der Waals surface area contributed by atoms with Crippen molar-refractivity contribution in [2.24, 2.45) is 5.92 Å². The van der Waals surface area contributed by atoms with E-state index in [9.17, 15) is 19.5 Å². The van der Waals surface area contributed by atoms with E-state index in [4.69, 9.17) is 0 Å².